The number of H-pyrrole nitrogens is 1. The summed E-state index contributed by atoms with van der Waals surface area (Å²) in [7, 11) is 0. The monoisotopic (exact) mass is 325 g/mol. The smallest absolute Gasteiger partial charge is 0.326 e. The van der Waals surface area contributed by atoms with Crippen LogP contribution in [0.5, 0.6) is 0 Å². The second-order valence-corrected chi connectivity index (χ2v) is 5.63. The number of nitrogens with one attached hydrogen (secondary N) is 3. The van der Waals surface area contributed by atoms with E-state index in [1.807, 2.05) is 13.8 Å². The number of amides is 2. The van der Waals surface area contributed by atoms with Gasteiger partial charge in [-0.05, 0) is 12.3 Å². The Balaban J connectivity index is 2.80. The molecule has 0 saturated carbocycles. The molecule has 0 radical (unpaired) electrons. The third-order valence-electron chi connectivity index (χ3n) is 3.14. The molecule has 0 aromatic carbocycles. The number of carbonyl (C=O) groups is 3. The van der Waals surface area contributed by atoms with E-state index in [0.717, 1.165) is 0 Å². The number of aromatic amines is 1. The first-order chi connectivity index (χ1) is 10.8. The maximum absolute atomic E-state index is 12.4. The van der Waals surface area contributed by atoms with Gasteiger partial charge >= 0.3 is 5.97 Å². The Bertz CT molecular complexity index is 529. The molecule has 9 nitrogen and oxygen atoms in total. The summed E-state index contributed by atoms with van der Waals surface area (Å²) in [6.45, 7) is 3.46. The predicted octanol–water partition coefficient (Wildman–Crippen LogP) is -0.989. The van der Waals surface area contributed by atoms with Crippen LogP contribution in [-0.2, 0) is 20.8 Å². The van der Waals surface area contributed by atoms with Crippen LogP contribution in [-0.4, -0.2) is 51.5 Å². The Morgan fingerprint density at radius 3 is 2.48 bits per heavy atom. The molecule has 0 bridgehead atoms. The van der Waals surface area contributed by atoms with E-state index in [9.17, 15) is 19.5 Å². The fraction of sp³-hybridized carbons (Fsp3) is 0.571. The van der Waals surface area contributed by atoms with Crippen molar-refractivity contribution in [2.75, 3.05) is 6.54 Å². The Hall–Kier alpha value is -2.42. The van der Waals surface area contributed by atoms with Crippen molar-refractivity contribution >= 4 is 17.8 Å². The molecule has 2 unspecified atom stereocenters. The largest absolute Gasteiger partial charge is 0.480 e. The molecule has 0 aliphatic rings. The van der Waals surface area contributed by atoms with E-state index in [-0.39, 0.29) is 18.9 Å². The Morgan fingerprint density at radius 2 is 2.00 bits per heavy atom. The van der Waals surface area contributed by atoms with Crippen molar-refractivity contribution in [3.8, 4) is 0 Å². The van der Waals surface area contributed by atoms with E-state index in [2.05, 4.69) is 20.6 Å². The SMILES string of the molecule is CC(C)CC(NC(=O)C(Cc1cnc[nH]1)NC(=O)CN)C(=O)O. The van der Waals surface area contributed by atoms with Crippen molar-refractivity contribution < 1.29 is 19.5 Å². The molecule has 0 saturated heterocycles. The first kappa shape index (κ1) is 18.6. The summed E-state index contributed by atoms with van der Waals surface area (Å²) in [6, 6.07) is -1.94. The topological polar surface area (TPSA) is 150 Å². The number of hydrogen-bond acceptors (Lipinski definition) is 5. The minimum atomic E-state index is -1.11. The zero-order valence-corrected chi connectivity index (χ0v) is 13.2. The van der Waals surface area contributed by atoms with Crippen molar-refractivity contribution in [2.45, 2.75) is 38.8 Å². The third kappa shape index (κ3) is 6.47. The van der Waals surface area contributed by atoms with Gasteiger partial charge in [0.1, 0.15) is 12.1 Å². The van der Waals surface area contributed by atoms with Crippen LogP contribution in [0.1, 0.15) is 26.0 Å². The quantitative estimate of drug-likeness (QED) is 0.393. The molecule has 1 aromatic rings. The molecule has 1 aromatic heterocycles. The Labute approximate surface area is 134 Å². The summed E-state index contributed by atoms with van der Waals surface area (Å²) in [5.41, 5.74) is 5.89. The molecule has 2 atom stereocenters. The first-order valence-corrected chi connectivity index (χ1v) is 7.33. The molecule has 1 rings (SSSR count). The van der Waals surface area contributed by atoms with Gasteiger partial charge in [0.15, 0.2) is 0 Å². The highest BCUT2D eigenvalue weighted by atomic mass is 16.4. The van der Waals surface area contributed by atoms with Crippen LogP contribution in [0, 0.1) is 5.92 Å². The molecule has 6 N–H and O–H groups in total. The van der Waals surface area contributed by atoms with Gasteiger partial charge in [-0.2, -0.15) is 0 Å². The summed E-state index contributed by atoms with van der Waals surface area (Å²) in [5, 5.41) is 14.1. The molecule has 128 valence electrons. The lowest BCUT2D eigenvalue weighted by Crippen LogP contribution is -2.53. The lowest BCUT2D eigenvalue weighted by atomic mass is 10.0. The van der Waals surface area contributed by atoms with E-state index >= 15 is 0 Å². The molecule has 0 aliphatic carbocycles. The highest BCUT2D eigenvalue weighted by Crippen LogP contribution is 2.06. The fourth-order valence-corrected chi connectivity index (χ4v) is 2.04. The predicted molar refractivity (Wildman–Crippen MR) is 82.3 cm³/mol. The maximum Gasteiger partial charge on any atom is 0.326 e. The van der Waals surface area contributed by atoms with Crippen molar-refractivity contribution in [1.29, 1.82) is 0 Å². The van der Waals surface area contributed by atoms with Gasteiger partial charge in [0.2, 0.25) is 11.8 Å². The van der Waals surface area contributed by atoms with E-state index in [1.54, 1.807) is 0 Å². The van der Waals surface area contributed by atoms with Crippen molar-refractivity contribution in [2.24, 2.45) is 11.7 Å². The van der Waals surface area contributed by atoms with Gasteiger partial charge in [-0.1, -0.05) is 13.8 Å². The van der Waals surface area contributed by atoms with Gasteiger partial charge in [-0.3, -0.25) is 9.59 Å². The number of nitrogens with zero attached hydrogens (tertiary/aromatic N) is 1. The van der Waals surface area contributed by atoms with Gasteiger partial charge in [-0.15, -0.1) is 0 Å². The Morgan fingerprint density at radius 1 is 1.30 bits per heavy atom. The third-order valence-corrected chi connectivity index (χ3v) is 3.14. The maximum atomic E-state index is 12.4. The zero-order chi connectivity index (χ0) is 17.4. The summed E-state index contributed by atoms with van der Waals surface area (Å²) in [4.78, 5) is 41.8. The van der Waals surface area contributed by atoms with Crippen LogP contribution in [0.3, 0.4) is 0 Å². The molecular formula is C14H23N5O4. The summed E-state index contributed by atoms with van der Waals surface area (Å²) in [6.07, 6.45) is 3.43. The molecule has 0 fully saturated rings. The number of carboxylic acids is 1. The van der Waals surface area contributed by atoms with Crippen LogP contribution in [0.25, 0.3) is 0 Å². The molecule has 2 amide bonds. The van der Waals surface area contributed by atoms with Crippen molar-refractivity contribution in [3.63, 3.8) is 0 Å². The van der Waals surface area contributed by atoms with E-state index in [0.29, 0.717) is 12.1 Å². The van der Waals surface area contributed by atoms with E-state index in [1.165, 1.54) is 12.5 Å². The van der Waals surface area contributed by atoms with Gasteiger partial charge in [0, 0.05) is 18.3 Å². The second-order valence-electron chi connectivity index (χ2n) is 5.63. The highest BCUT2D eigenvalue weighted by molar-refractivity contribution is 5.90. The van der Waals surface area contributed by atoms with Crippen LogP contribution in [0.15, 0.2) is 12.5 Å². The summed E-state index contributed by atoms with van der Waals surface area (Å²) in [5.74, 6) is -2.09. The van der Waals surface area contributed by atoms with Gasteiger partial charge in [-0.25, -0.2) is 9.78 Å². The lowest BCUT2D eigenvalue weighted by Gasteiger charge is -2.22. The number of imidazole rings is 1. The average molecular weight is 325 g/mol. The molecule has 0 spiro atoms. The van der Waals surface area contributed by atoms with E-state index < -0.39 is 29.9 Å². The van der Waals surface area contributed by atoms with E-state index in [4.69, 9.17) is 5.73 Å². The highest BCUT2D eigenvalue weighted by Gasteiger charge is 2.27. The molecule has 1 heterocycles. The van der Waals surface area contributed by atoms with Gasteiger partial charge in [0.05, 0.1) is 12.9 Å². The number of nitrogens with two attached hydrogens (primary N) is 1. The minimum absolute atomic E-state index is 0.0982. The van der Waals surface area contributed by atoms with Crippen LogP contribution < -0.4 is 16.4 Å². The zero-order valence-electron chi connectivity index (χ0n) is 13.2. The van der Waals surface area contributed by atoms with Crippen LogP contribution in [0.4, 0.5) is 0 Å². The number of hydrogen-bond donors (Lipinski definition) is 5. The fourth-order valence-electron chi connectivity index (χ4n) is 2.04. The molecule has 0 aliphatic heterocycles. The summed E-state index contributed by atoms with van der Waals surface area (Å²) < 4.78 is 0. The lowest BCUT2D eigenvalue weighted by molar-refractivity contribution is -0.142. The first-order valence-electron chi connectivity index (χ1n) is 7.33. The van der Waals surface area contributed by atoms with Gasteiger partial charge < -0.3 is 26.5 Å². The molecule has 23 heavy (non-hydrogen) atoms. The molecule has 9 heteroatoms. The normalized spacial score (nSPS) is 13.4. The number of carbonyl (C=O) groups excluding carboxylic acids is 2. The van der Waals surface area contributed by atoms with Crippen LogP contribution in [0.2, 0.25) is 0 Å². The molecular weight excluding hydrogens is 302 g/mol. The summed E-state index contributed by atoms with van der Waals surface area (Å²) >= 11 is 0. The minimum Gasteiger partial charge on any atom is -0.480 e. The number of carboxylic acid groups (broad SMARTS) is 1. The standard InChI is InChI=1S/C14H23N5O4/c1-8(2)3-11(14(22)23)19-13(21)10(18-12(20)5-15)4-9-6-16-7-17-9/h6-8,10-11H,3-5,15H2,1-2H3,(H,16,17)(H,18,20)(H,19,21)(H,22,23). The number of rotatable bonds is 9. The van der Waals surface area contributed by atoms with Crippen molar-refractivity contribution in [1.82, 2.24) is 20.6 Å². The van der Waals surface area contributed by atoms with Crippen LogP contribution >= 0.6 is 0 Å². The van der Waals surface area contributed by atoms with Crippen molar-refractivity contribution in [3.05, 3.63) is 18.2 Å². The second kappa shape index (κ2) is 8.89. The Kier molecular flexibility index (Phi) is 7.20. The van der Waals surface area contributed by atoms with Gasteiger partial charge in [0.25, 0.3) is 0 Å². The average Bonchev–Trinajstić information content (AvgIpc) is 2.97. The number of aliphatic carboxylic acids is 1. The number of aromatic nitrogens is 2.